The van der Waals surface area contributed by atoms with Crippen LogP contribution in [0.25, 0.3) is 0 Å². The minimum atomic E-state index is -2.01. The fourth-order valence-corrected chi connectivity index (χ4v) is 2.51. The molecule has 9 heavy (non-hydrogen) atoms. The molecule has 0 radical (unpaired) electrons. The van der Waals surface area contributed by atoms with Crippen LogP contribution in [0.3, 0.4) is 0 Å². The average molecular weight is 166 g/mol. The maximum absolute atomic E-state index is 5.25. The first-order valence-electron chi connectivity index (χ1n) is 3.12. The maximum atomic E-state index is 5.25. The highest BCUT2D eigenvalue weighted by Gasteiger charge is 2.24. The van der Waals surface area contributed by atoms with Crippen molar-refractivity contribution in [1.29, 1.82) is 0 Å². The van der Waals surface area contributed by atoms with E-state index >= 15 is 0 Å². The summed E-state index contributed by atoms with van der Waals surface area (Å²) in [6.07, 6.45) is 0. The summed E-state index contributed by atoms with van der Waals surface area (Å²) < 4.78 is 10.5. The predicted octanol–water partition coefficient (Wildman–Crippen LogP) is 1.56. The molecule has 0 N–H and O–H groups in total. The molecule has 0 aliphatic carbocycles. The van der Waals surface area contributed by atoms with Gasteiger partial charge in [0.1, 0.15) is 0 Å². The Hall–Kier alpha value is 0.487. The summed E-state index contributed by atoms with van der Waals surface area (Å²) in [5.41, 5.74) is 0. The van der Waals surface area contributed by atoms with Crippen LogP contribution in [0.2, 0.25) is 6.55 Å². The standard InChI is InChI=1S/C5H14O2SSi/c1-4-6-9(3,8)7-5-2/h8H,4-5H2,1-3H3. The van der Waals surface area contributed by atoms with Crippen molar-refractivity contribution in [2.24, 2.45) is 0 Å². The second-order valence-corrected chi connectivity index (χ2v) is 6.57. The van der Waals surface area contributed by atoms with Crippen LogP contribution < -0.4 is 0 Å². The van der Waals surface area contributed by atoms with Crippen LogP contribution in [0.1, 0.15) is 13.8 Å². The minimum Gasteiger partial charge on any atom is -0.387 e. The van der Waals surface area contributed by atoms with Crippen molar-refractivity contribution in [3.05, 3.63) is 0 Å². The van der Waals surface area contributed by atoms with E-state index in [9.17, 15) is 0 Å². The molecule has 0 aromatic rings. The molecular weight excluding hydrogens is 152 g/mol. The third kappa shape index (κ3) is 4.96. The van der Waals surface area contributed by atoms with Crippen molar-refractivity contribution in [1.82, 2.24) is 0 Å². The van der Waals surface area contributed by atoms with E-state index in [0.29, 0.717) is 13.2 Å². The molecular formula is C5H14O2SSi. The third-order valence-electron chi connectivity index (χ3n) is 0.824. The Balaban J connectivity index is 3.43. The van der Waals surface area contributed by atoms with Gasteiger partial charge in [0.05, 0.1) is 0 Å². The molecule has 0 bridgehead atoms. The van der Waals surface area contributed by atoms with Gasteiger partial charge >= 0.3 is 7.71 Å². The highest BCUT2D eigenvalue weighted by atomic mass is 32.3. The summed E-state index contributed by atoms with van der Waals surface area (Å²) in [6.45, 7) is 7.18. The Morgan fingerprint density at radius 1 is 1.22 bits per heavy atom. The summed E-state index contributed by atoms with van der Waals surface area (Å²) in [5.74, 6) is 0. The van der Waals surface area contributed by atoms with E-state index in [-0.39, 0.29) is 0 Å². The van der Waals surface area contributed by atoms with Gasteiger partial charge in [-0.2, -0.15) is 0 Å². The van der Waals surface area contributed by atoms with Gasteiger partial charge < -0.3 is 8.85 Å². The summed E-state index contributed by atoms with van der Waals surface area (Å²) in [4.78, 5) is 0. The van der Waals surface area contributed by atoms with Crippen LogP contribution in [0.15, 0.2) is 0 Å². The van der Waals surface area contributed by atoms with Crippen LogP contribution in [0.4, 0.5) is 0 Å². The van der Waals surface area contributed by atoms with Gasteiger partial charge in [0.25, 0.3) is 0 Å². The molecule has 0 unspecified atom stereocenters. The Labute approximate surface area is 62.9 Å². The summed E-state index contributed by atoms with van der Waals surface area (Å²) in [6, 6.07) is 0. The van der Waals surface area contributed by atoms with E-state index in [4.69, 9.17) is 8.85 Å². The fourth-order valence-electron chi connectivity index (χ4n) is 0.577. The molecule has 4 heteroatoms. The molecule has 2 nitrogen and oxygen atoms in total. The lowest BCUT2D eigenvalue weighted by Gasteiger charge is -2.18. The molecule has 0 saturated carbocycles. The lowest BCUT2D eigenvalue weighted by Crippen LogP contribution is -2.32. The average Bonchev–Trinajstić information content (AvgIpc) is 1.64. The highest BCUT2D eigenvalue weighted by Crippen LogP contribution is 2.10. The molecule has 0 rings (SSSR count). The highest BCUT2D eigenvalue weighted by molar-refractivity contribution is 8.12. The van der Waals surface area contributed by atoms with E-state index in [1.165, 1.54) is 0 Å². The fraction of sp³-hybridized carbons (Fsp3) is 1.00. The molecule has 0 saturated heterocycles. The molecule has 0 spiro atoms. The molecule has 0 atom stereocenters. The molecule has 0 fully saturated rings. The molecule has 0 aromatic heterocycles. The van der Waals surface area contributed by atoms with Crippen LogP contribution in [0, 0.1) is 0 Å². The quantitative estimate of drug-likeness (QED) is 0.505. The zero-order valence-electron chi connectivity index (χ0n) is 6.18. The first-order chi connectivity index (χ1) is 4.12. The minimum absolute atomic E-state index is 0.687. The van der Waals surface area contributed by atoms with Gasteiger partial charge in [-0.15, -0.1) is 12.1 Å². The van der Waals surface area contributed by atoms with Gasteiger partial charge in [0.15, 0.2) is 0 Å². The first kappa shape index (κ1) is 9.49. The second kappa shape index (κ2) is 4.33. The van der Waals surface area contributed by atoms with Gasteiger partial charge in [-0.3, -0.25) is 0 Å². The lowest BCUT2D eigenvalue weighted by atomic mass is 10.9. The van der Waals surface area contributed by atoms with Crippen molar-refractivity contribution < 1.29 is 8.85 Å². The Morgan fingerprint density at radius 3 is 1.78 bits per heavy atom. The van der Waals surface area contributed by atoms with E-state index in [1.54, 1.807) is 0 Å². The van der Waals surface area contributed by atoms with Crippen molar-refractivity contribution in [3.63, 3.8) is 0 Å². The van der Waals surface area contributed by atoms with Gasteiger partial charge in [0.2, 0.25) is 0 Å². The number of thiol groups is 1. The Morgan fingerprint density at radius 2 is 1.56 bits per heavy atom. The first-order valence-corrected chi connectivity index (χ1v) is 6.73. The zero-order valence-corrected chi connectivity index (χ0v) is 8.07. The van der Waals surface area contributed by atoms with E-state index in [0.717, 1.165) is 0 Å². The van der Waals surface area contributed by atoms with Gasteiger partial charge in [0, 0.05) is 13.2 Å². The maximum Gasteiger partial charge on any atom is 0.399 e. The Kier molecular flexibility index (Phi) is 4.56. The second-order valence-electron chi connectivity index (χ2n) is 1.76. The van der Waals surface area contributed by atoms with Crippen molar-refractivity contribution in [2.45, 2.75) is 20.4 Å². The van der Waals surface area contributed by atoms with Crippen molar-refractivity contribution in [3.8, 4) is 0 Å². The normalized spacial score (nSPS) is 12.0. The van der Waals surface area contributed by atoms with E-state index < -0.39 is 7.71 Å². The van der Waals surface area contributed by atoms with Crippen LogP contribution in [0.5, 0.6) is 0 Å². The van der Waals surface area contributed by atoms with E-state index in [2.05, 4.69) is 12.1 Å². The largest absolute Gasteiger partial charge is 0.399 e. The molecule has 0 aliphatic heterocycles. The van der Waals surface area contributed by atoms with Gasteiger partial charge in [-0.05, 0) is 20.4 Å². The molecule has 0 aromatic carbocycles. The SMILES string of the molecule is CCO[Si](C)(S)OCC. The number of rotatable bonds is 4. The molecule has 56 valence electrons. The monoisotopic (exact) mass is 166 g/mol. The summed E-state index contributed by atoms with van der Waals surface area (Å²) in [5, 5.41) is 0. The van der Waals surface area contributed by atoms with Crippen LogP contribution in [-0.4, -0.2) is 20.9 Å². The van der Waals surface area contributed by atoms with Crippen molar-refractivity contribution >= 4 is 19.8 Å². The van der Waals surface area contributed by atoms with E-state index in [1.807, 2.05) is 20.4 Å². The smallest absolute Gasteiger partial charge is 0.387 e. The molecule has 0 aliphatic rings. The zero-order chi connectivity index (χ0) is 7.33. The third-order valence-corrected chi connectivity index (χ3v) is 3.25. The van der Waals surface area contributed by atoms with Crippen molar-refractivity contribution in [2.75, 3.05) is 13.2 Å². The van der Waals surface area contributed by atoms with Gasteiger partial charge in [-0.25, -0.2) is 0 Å². The lowest BCUT2D eigenvalue weighted by molar-refractivity contribution is 0.212. The van der Waals surface area contributed by atoms with Gasteiger partial charge in [-0.1, -0.05) is 0 Å². The number of hydrogen-bond donors (Lipinski definition) is 1. The Bertz CT molecular complexity index is 69.4. The van der Waals surface area contributed by atoms with Crippen LogP contribution in [-0.2, 0) is 8.85 Å². The molecule has 0 amide bonds. The van der Waals surface area contributed by atoms with Crippen LogP contribution >= 0.6 is 12.1 Å². The summed E-state index contributed by atoms with van der Waals surface area (Å²) in [7, 11) is -2.01. The summed E-state index contributed by atoms with van der Waals surface area (Å²) >= 11 is 4.24. The topological polar surface area (TPSA) is 18.5 Å². The number of hydrogen-bond acceptors (Lipinski definition) is 3. The molecule has 0 heterocycles. The predicted molar refractivity (Wildman–Crippen MR) is 43.9 cm³/mol.